The molecule has 10 nitrogen and oxygen atoms in total. The molecule has 0 radical (unpaired) electrons. The molecule has 3 aliphatic rings. The van der Waals surface area contributed by atoms with E-state index in [0.717, 1.165) is 36.0 Å². The van der Waals surface area contributed by atoms with Crippen molar-refractivity contribution in [3.05, 3.63) is 70.1 Å². The van der Waals surface area contributed by atoms with E-state index in [9.17, 15) is 14.4 Å². The fraction of sp³-hybridized carbons (Fsp3) is 0.529. The van der Waals surface area contributed by atoms with Gasteiger partial charge in [-0.15, -0.1) is 0 Å². The molecular formula is C34H47N5O5. The third-order valence-corrected chi connectivity index (χ3v) is 8.51. The smallest absolute Gasteiger partial charge is 0.350 e. The van der Waals surface area contributed by atoms with Gasteiger partial charge in [0.2, 0.25) is 5.78 Å². The molecule has 3 atom stereocenters. The van der Waals surface area contributed by atoms with Gasteiger partial charge >= 0.3 is 5.97 Å². The van der Waals surface area contributed by atoms with Gasteiger partial charge in [0.25, 0.3) is 5.60 Å². The third-order valence-electron chi connectivity index (χ3n) is 8.51. The van der Waals surface area contributed by atoms with Crippen LogP contribution in [-0.4, -0.2) is 60.9 Å². The van der Waals surface area contributed by atoms with Crippen LogP contribution in [0.1, 0.15) is 92.5 Å². The first-order chi connectivity index (χ1) is 21.0. The zero-order valence-electron chi connectivity index (χ0n) is 26.6. The number of hydrogen-bond donors (Lipinski definition) is 4. The number of nitrogens with two attached hydrogens (primary N) is 2. The largest absolute Gasteiger partial charge is 0.463 e. The van der Waals surface area contributed by atoms with Crippen molar-refractivity contribution >= 4 is 23.5 Å². The van der Waals surface area contributed by atoms with E-state index in [-0.39, 0.29) is 42.3 Å². The van der Waals surface area contributed by atoms with Gasteiger partial charge < -0.3 is 31.6 Å². The highest BCUT2D eigenvalue weighted by Crippen LogP contribution is 2.59. The molecule has 1 aromatic rings. The molecule has 0 bridgehead atoms. The van der Waals surface area contributed by atoms with E-state index >= 15 is 0 Å². The molecule has 2 heterocycles. The molecular weight excluding hydrogens is 558 g/mol. The number of unbranched alkanes of at least 4 members (excludes halogenated alkanes) is 3. The Balaban J connectivity index is 1.65. The topological polar surface area (TPSA) is 161 Å². The Kier molecular flexibility index (Phi) is 10.3. The molecule has 6 N–H and O–H groups in total. The van der Waals surface area contributed by atoms with E-state index < -0.39 is 23.0 Å². The van der Waals surface area contributed by atoms with Crippen molar-refractivity contribution in [2.75, 3.05) is 20.2 Å². The number of hydrogen-bond acceptors (Lipinski definition) is 8. The van der Waals surface area contributed by atoms with Crippen LogP contribution in [0.4, 0.5) is 0 Å². The predicted octanol–water partition coefficient (Wildman–Crippen LogP) is 3.85. The van der Waals surface area contributed by atoms with Gasteiger partial charge in [-0.25, -0.2) is 4.79 Å². The average Bonchev–Trinajstić information content (AvgIpc) is 3.70. The van der Waals surface area contributed by atoms with Crippen LogP contribution in [0, 0.1) is 5.92 Å². The van der Waals surface area contributed by atoms with Gasteiger partial charge in [-0.1, -0.05) is 76.0 Å². The van der Waals surface area contributed by atoms with Crippen LogP contribution >= 0.6 is 0 Å². The number of Topliss-reactive ketones (excluding diaryl/α,β-unsaturated/α-hetero) is 2. The molecule has 0 saturated carbocycles. The van der Waals surface area contributed by atoms with Gasteiger partial charge in [0, 0.05) is 31.1 Å². The molecule has 1 fully saturated rings. The Morgan fingerprint density at radius 2 is 2.00 bits per heavy atom. The SMILES string of the molecule is CCCCCCOC(=O)[C@]12O[C@@]1(C/C=C(\C)C[C@@H](NC(N)=NC)C1=CCNC(N)=C1)C(=O)c1cccc(CC(C)C)c1C2=O. The van der Waals surface area contributed by atoms with Crippen molar-refractivity contribution in [3.63, 3.8) is 0 Å². The van der Waals surface area contributed by atoms with Crippen LogP contribution in [0.25, 0.3) is 0 Å². The zero-order valence-corrected chi connectivity index (χ0v) is 26.6. The molecule has 0 spiro atoms. The van der Waals surface area contributed by atoms with Gasteiger partial charge in [0.1, 0.15) is 0 Å². The number of carbonyl (C=O) groups is 3. The first-order valence-corrected chi connectivity index (χ1v) is 15.6. The maximum Gasteiger partial charge on any atom is 0.350 e. The summed E-state index contributed by atoms with van der Waals surface area (Å²) in [7, 11) is 1.60. The minimum absolute atomic E-state index is 0.0465. The molecule has 0 unspecified atom stereocenters. The number of carbonyl (C=O) groups excluding carboxylic acids is 3. The number of ketones is 2. The van der Waals surface area contributed by atoms with Crippen molar-refractivity contribution in [3.8, 4) is 0 Å². The third kappa shape index (κ3) is 6.45. The lowest BCUT2D eigenvalue weighted by Crippen LogP contribution is -2.51. The van der Waals surface area contributed by atoms with Crippen LogP contribution < -0.4 is 22.1 Å². The van der Waals surface area contributed by atoms with E-state index in [1.54, 1.807) is 19.2 Å². The highest BCUT2D eigenvalue weighted by atomic mass is 16.7. The Labute approximate surface area is 260 Å². The van der Waals surface area contributed by atoms with Crippen LogP contribution in [0.3, 0.4) is 0 Å². The van der Waals surface area contributed by atoms with Gasteiger partial charge in [0.15, 0.2) is 17.3 Å². The normalized spacial score (nSPS) is 23.7. The molecule has 10 heteroatoms. The Morgan fingerprint density at radius 1 is 1.23 bits per heavy atom. The number of epoxide rings is 1. The molecule has 1 aromatic carbocycles. The second-order valence-corrected chi connectivity index (χ2v) is 12.4. The number of nitrogens with zero attached hydrogens (tertiary/aromatic N) is 1. The fourth-order valence-electron chi connectivity index (χ4n) is 6.14. The molecule has 1 saturated heterocycles. The summed E-state index contributed by atoms with van der Waals surface area (Å²) < 4.78 is 11.8. The zero-order chi connectivity index (χ0) is 32.1. The summed E-state index contributed by atoms with van der Waals surface area (Å²) in [6, 6.07) is 5.06. The summed E-state index contributed by atoms with van der Waals surface area (Å²) in [5.74, 6) is -0.556. The van der Waals surface area contributed by atoms with E-state index in [2.05, 4.69) is 22.5 Å². The second-order valence-electron chi connectivity index (χ2n) is 12.4. The Hall–Kier alpha value is -3.92. The lowest BCUT2D eigenvalue weighted by atomic mass is 9.70. The number of nitrogens with one attached hydrogen (secondary N) is 2. The number of rotatable bonds is 14. The molecule has 2 aliphatic heterocycles. The molecule has 0 amide bonds. The van der Waals surface area contributed by atoms with Gasteiger partial charge in [-0.3, -0.25) is 14.6 Å². The van der Waals surface area contributed by atoms with E-state index in [0.29, 0.717) is 37.2 Å². The summed E-state index contributed by atoms with van der Waals surface area (Å²) in [4.78, 5) is 46.2. The first kappa shape index (κ1) is 33.0. The quantitative estimate of drug-likeness (QED) is 0.0469. The first-order valence-electron chi connectivity index (χ1n) is 15.6. The summed E-state index contributed by atoms with van der Waals surface area (Å²) in [5, 5.41) is 6.29. The maximum atomic E-state index is 14.3. The van der Waals surface area contributed by atoms with Gasteiger partial charge in [-0.2, -0.15) is 0 Å². The molecule has 1 aliphatic carbocycles. The average molecular weight is 606 g/mol. The van der Waals surface area contributed by atoms with Gasteiger partial charge in [0.05, 0.1) is 18.5 Å². The number of esters is 1. The van der Waals surface area contributed by atoms with E-state index in [4.69, 9.17) is 20.9 Å². The lowest BCUT2D eigenvalue weighted by Gasteiger charge is -2.26. The fourth-order valence-corrected chi connectivity index (χ4v) is 6.14. The van der Waals surface area contributed by atoms with Crippen molar-refractivity contribution in [2.45, 2.75) is 89.9 Å². The number of aliphatic imine (C=N–C) groups is 1. The van der Waals surface area contributed by atoms with Crippen LogP contribution in [-0.2, 0) is 20.7 Å². The van der Waals surface area contributed by atoms with E-state index in [1.807, 2.05) is 45.1 Å². The summed E-state index contributed by atoms with van der Waals surface area (Å²) >= 11 is 0. The van der Waals surface area contributed by atoms with Gasteiger partial charge in [-0.05, 0) is 49.3 Å². The predicted molar refractivity (Wildman–Crippen MR) is 171 cm³/mol. The minimum atomic E-state index is -1.99. The second kappa shape index (κ2) is 13.8. The van der Waals surface area contributed by atoms with Crippen LogP contribution in [0.15, 0.2) is 58.4 Å². The standard InChI is InChI=1S/C34H47N5O5/c1-6-7-8-9-17-43-31(42)34-30(41)28-24(18-21(2)3)11-10-12-25(28)29(40)33(34,44-34)15-13-22(4)19-26(39-32(36)37-5)23-14-16-38-27(35)20-23/h10-14,20-21,26,38H,6-9,15-19,35H2,1-5H3,(H3,36,37,39)/b22-13+/t26-,33+,34+/m1/s1. The molecule has 238 valence electrons. The van der Waals surface area contributed by atoms with Crippen LogP contribution in [0.5, 0.6) is 0 Å². The highest BCUT2D eigenvalue weighted by molar-refractivity contribution is 6.33. The number of ether oxygens (including phenoxy) is 2. The summed E-state index contributed by atoms with van der Waals surface area (Å²) in [6.45, 7) is 8.88. The number of dihydropyridines is 1. The molecule has 44 heavy (non-hydrogen) atoms. The minimum Gasteiger partial charge on any atom is -0.463 e. The number of fused-ring (bicyclic) bond motifs is 2. The highest BCUT2D eigenvalue weighted by Gasteiger charge is 2.85. The van der Waals surface area contributed by atoms with Crippen molar-refractivity contribution in [2.24, 2.45) is 22.4 Å². The van der Waals surface area contributed by atoms with E-state index in [1.165, 1.54) is 0 Å². The monoisotopic (exact) mass is 605 g/mol. The lowest BCUT2D eigenvalue weighted by molar-refractivity contribution is -0.148. The number of guanidine groups is 1. The van der Waals surface area contributed by atoms with Crippen molar-refractivity contribution in [1.82, 2.24) is 10.6 Å². The Bertz CT molecular complexity index is 1410. The molecule has 4 rings (SSSR count). The maximum absolute atomic E-state index is 14.3. The Morgan fingerprint density at radius 3 is 2.68 bits per heavy atom. The number of benzene rings is 1. The summed E-state index contributed by atoms with van der Waals surface area (Å²) in [6.07, 6.45) is 10.5. The summed E-state index contributed by atoms with van der Waals surface area (Å²) in [5.41, 5.74) is 11.6. The van der Waals surface area contributed by atoms with Crippen molar-refractivity contribution in [1.29, 1.82) is 0 Å². The molecule has 0 aromatic heterocycles. The van der Waals surface area contributed by atoms with Crippen molar-refractivity contribution < 1.29 is 23.9 Å². The van der Waals surface area contributed by atoms with Crippen LogP contribution in [0.2, 0.25) is 0 Å².